The van der Waals surface area contributed by atoms with Crippen molar-refractivity contribution >= 4 is 11.7 Å². The Morgan fingerprint density at radius 3 is 2.65 bits per heavy atom. The molecule has 2 aromatic carbocycles. The lowest BCUT2D eigenvalue weighted by Gasteiger charge is -2.47. The number of likely N-dealkylation sites (tertiary alicyclic amines) is 1. The third-order valence-electron chi connectivity index (χ3n) is 8.27. The minimum Gasteiger partial charge on any atom is -0.466 e. The molecule has 0 amide bonds. The van der Waals surface area contributed by atoms with Gasteiger partial charge in [0.25, 0.3) is 0 Å². The molecule has 1 fully saturated rings. The number of esters is 1. The van der Waals surface area contributed by atoms with E-state index in [0.717, 1.165) is 30.9 Å². The minimum absolute atomic E-state index is 0.0193. The highest BCUT2D eigenvalue weighted by molar-refractivity contribution is 5.93. The summed E-state index contributed by atoms with van der Waals surface area (Å²) < 4.78 is 5.23. The van der Waals surface area contributed by atoms with Crippen LogP contribution in [0.4, 0.5) is 5.69 Å². The van der Waals surface area contributed by atoms with Crippen molar-refractivity contribution < 1.29 is 19.7 Å². The molecule has 1 spiro atoms. The number of hydrogen-bond acceptors (Lipinski definition) is 6. The fraction of sp³-hybridized carbons (Fsp3) is 0.464. The number of nitrogens with one attached hydrogen (secondary N) is 1. The van der Waals surface area contributed by atoms with Gasteiger partial charge in [0.1, 0.15) is 0 Å². The van der Waals surface area contributed by atoms with Gasteiger partial charge in [-0.1, -0.05) is 55.5 Å². The first-order valence-electron chi connectivity index (χ1n) is 12.3. The normalized spacial score (nSPS) is 27.4. The van der Waals surface area contributed by atoms with Crippen molar-refractivity contribution in [2.24, 2.45) is 5.92 Å². The minimum atomic E-state index is -1.18. The number of fused-ring (bicyclic) bond motifs is 1. The van der Waals surface area contributed by atoms with E-state index in [2.05, 4.69) is 52.7 Å². The predicted molar refractivity (Wildman–Crippen MR) is 131 cm³/mol. The van der Waals surface area contributed by atoms with Crippen molar-refractivity contribution in [1.29, 1.82) is 0 Å². The van der Waals surface area contributed by atoms with Crippen molar-refractivity contribution in [3.63, 3.8) is 0 Å². The van der Waals surface area contributed by atoms with Crippen LogP contribution in [0.1, 0.15) is 43.7 Å². The molecule has 3 N–H and O–H groups in total. The number of aliphatic hydroxyl groups excluding tert-OH is 1. The van der Waals surface area contributed by atoms with Gasteiger partial charge in [0.2, 0.25) is 0 Å². The molecule has 0 radical (unpaired) electrons. The Morgan fingerprint density at radius 1 is 1.21 bits per heavy atom. The lowest BCUT2D eigenvalue weighted by molar-refractivity contribution is -0.137. The SMILES string of the molecule is CCC(O)(CO)CC1CC(C(=O)OC)=C2Nc3ccccc3C23CCN(Cc2ccccc2)C13. The summed E-state index contributed by atoms with van der Waals surface area (Å²) in [6.07, 6.45) is 2.26. The molecule has 3 aliphatic rings. The third-order valence-corrected chi connectivity index (χ3v) is 8.27. The average Bonchev–Trinajstić information content (AvgIpc) is 3.42. The van der Waals surface area contributed by atoms with Crippen LogP contribution in [0, 0.1) is 5.92 Å². The van der Waals surface area contributed by atoms with Gasteiger partial charge >= 0.3 is 5.97 Å². The molecular weight excluding hydrogens is 428 g/mol. The zero-order chi connectivity index (χ0) is 23.9. The number of carbonyl (C=O) groups is 1. The number of carbonyl (C=O) groups excluding carboxylic acids is 1. The summed E-state index contributed by atoms with van der Waals surface area (Å²) in [5, 5.41) is 24.8. The molecule has 2 aromatic rings. The van der Waals surface area contributed by atoms with Gasteiger partial charge in [-0.2, -0.15) is 0 Å². The third kappa shape index (κ3) is 3.56. The number of para-hydroxylation sites is 1. The molecule has 1 aliphatic carbocycles. The van der Waals surface area contributed by atoms with E-state index in [1.807, 2.05) is 19.1 Å². The number of ether oxygens (including phenoxy) is 1. The second kappa shape index (κ2) is 8.84. The molecule has 0 bridgehead atoms. The van der Waals surface area contributed by atoms with Gasteiger partial charge in [0.05, 0.1) is 30.3 Å². The zero-order valence-corrected chi connectivity index (χ0v) is 20.0. The summed E-state index contributed by atoms with van der Waals surface area (Å²) in [4.78, 5) is 15.5. The number of methoxy groups -OCH3 is 1. The van der Waals surface area contributed by atoms with Crippen LogP contribution >= 0.6 is 0 Å². The molecule has 4 unspecified atom stereocenters. The zero-order valence-electron chi connectivity index (χ0n) is 20.0. The van der Waals surface area contributed by atoms with Gasteiger partial charge in [0, 0.05) is 30.5 Å². The summed E-state index contributed by atoms with van der Waals surface area (Å²) in [5.74, 6) is -0.335. The van der Waals surface area contributed by atoms with Gasteiger partial charge in [-0.25, -0.2) is 4.79 Å². The van der Waals surface area contributed by atoms with Crippen molar-refractivity contribution in [2.45, 2.75) is 56.2 Å². The summed E-state index contributed by atoms with van der Waals surface area (Å²) in [7, 11) is 1.43. The Kier molecular flexibility index (Phi) is 6.00. The highest BCUT2D eigenvalue weighted by Gasteiger charge is 2.61. The molecule has 6 nitrogen and oxygen atoms in total. The van der Waals surface area contributed by atoms with Crippen LogP contribution in [-0.2, 0) is 21.5 Å². The van der Waals surface area contributed by atoms with Gasteiger partial charge in [-0.05, 0) is 48.8 Å². The molecule has 2 aliphatic heterocycles. The Morgan fingerprint density at radius 2 is 1.94 bits per heavy atom. The molecule has 2 heterocycles. The number of benzene rings is 2. The van der Waals surface area contributed by atoms with Gasteiger partial charge < -0.3 is 20.3 Å². The maximum absolute atomic E-state index is 13.0. The van der Waals surface area contributed by atoms with Crippen molar-refractivity contribution in [2.75, 3.05) is 25.6 Å². The topological polar surface area (TPSA) is 82.0 Å². The number of aliphatic hydroxyl groups is 2. The molecule has 4 atom stereocenters. The first-order valence-corrected chi connectivity index (χ1v) is 12.3. The summed E-state index contributed by atoms with van der Waals surface area (Å²) in [5.41, 5.74) is 3.56. The molecular formula is C28H34N2O4. The molecule has 34 heavy (non-hydrogen) atoms. The number of anilines is 1. The van der Waals surface area contributed by atoms with Gasteiger partial charge in [-0.3, -0.25) is 4.90 Å². The number of rotatable bonds is 7. The molecule has 5 rings (SSSR count). The number of nitrogens with zero attached hydrogens (tertiary/aromatic N) is 1. The van der Waals surface area contributed by atoms with Crippen LogP contribution in [0.5, 0.6) is 0 Å². The van der Waals surface area contributed by atoms with E-state index in [-0.39, 0.29) is 30.0 Å². The Labute approximate surface area is 201 Å². The fourth-order valence-electron chi connectivity index (χ4n) is 6.67. The Hall–Kier alpha value is -2.67. The van der Waals surface area contributed by atoms with Crippen molar-refractivity contribution in [3.05, 3.63) is 77.0 Å². The largest absolute Gasteiger partial charge is 0.466 e. The quantitative estimate of drug-likeness (QED) is 0.546. The van der Waals surface area contributed by atoms with Crippen LogP contribution in [0.3, 0.4) is 0 Å². The first-order chi connectivity index (χ1) is 16.5. The molecule has 180 valence electrons. The van der Waals surface area contributed by atoms with Crippen molar-refractivity contribution in [3.8, 4) is 0 Å². The monoisotopic (exact) mass is 462 g/mol. The summed E-state index contributed by atoms with van der Waals surface area (Å²) in [6, 6.07) is 18.9. The van der Waals surface area contributed by atoms with Crippen LogP contribution in [-0.4, -0.2) is 53.0 Å². The average molecular weight is 463 g/mol. The maximum Gasteiger partial charge on any atom is 0.335 e. The van der Waals surface area contributed by atoms with Gasteiger partial charge in [0.15, 0.2) is 0 Å². The van der Waals surface area contributed by atoms with E-state index < -0.39 is 5.60 Å². The maximum atomic E-state index is 13.0. The van der Waals surface area contributed by atoms with E-state index in [9.17, 15) is 15.0 Å². The molecule has 1 saturated heterocycles. The van der Waals surface area contributed by atoms with E-state index in [0.29, 0.717) is 24.8 Å². The van der Waals surface area contributed by atoms with E-state index >= 15 is 0 Å². The molecule has 0 aromatic heterocycles. The highest BCUT2D eigenvalue weighted by atomic mass is 16.5. The summed E-state index contributed by atoms with van der Waals surface area (Å²) >= 11 is 0. The second-order valence-corrected chi connectivity index (χ2v) is 10.0. The highest BCUT2D eigenvalue weighted by Crippen LogP contribution is 2.60. The molecule has 0 saturated carbocycles. The van der Waals surface area contributed by atoms with Crippen LogP contribution in [0.2, 0.25) is 0 Å². The number of hydrogen-bond donors (Lipinski definition) is 3. The van der Waals surface area contributed by atoms with Crippen LogP contribution in [0.15, 0.2) is 65.9 Å². The van der Waals surface area contributed by atoms with Gasteiger partial charge in [-0.15, -0.1) is 0 Å². The fourth-order valence-corrected chi connectivity index (χ4v) is 6.67. The lowest BCUT2D eigenvalue weighted by atomic mass is 9.61. The predicted octanol–water partition coefficient (Wildman–Crippen LogP) is 3.59. The van der Waals surface area contributed by atoms with E-state index in [1.54, 1.807) is 0 Å². The van der Waals surface area contributed by atoms with Crippen molar-refractivity contribution in [1.82, 2.24) is 4.90 Å². The molecule has 6 heteroatoms. The summed E-state index contributed by atoms with van der Waals surface area (Å²) in [6.45, 7) is 3.29. The Bertz CT molecular complexity index is 1090. The van der Waals surface area contributed by atoms with E-state index in [4.69, 9.17) is 4.74 Å². The van der Waals surface area contributed by atoms with E-state index in [1.165, 1.54) is 18.2 Å². The first kappa shape index (κ1) is 23.1. The van der Waals surface area contributed by atoms with Crippen LogP contribution in [0.25, 0.3) is 0 Å². The smallest absolute Gasteiger partial charge is 0.335 e. The lowest BCUT2D eigenvalue weighted by Crippen LogP contribution is -2.53. The standard InChI is InChI=1S/C28H34N2O4/c1-3-27(33,18-31)16-20-15-21(26(32)34-2)24-28(22-11-7-8-12-23(22)29-24)13-14-30(25(20)28)17-19-9-5-4-6-10-19/h4-12,20,25,29,31,33H,3,13-18H2,1-2H3. The Balaban J connectivity index is 1.66. The van der Waals surface area contributed by atoms with Crippen LogP contribution < -0.4 is 5.32 Å². The second-order valence-electron chi connectivity index (χ2n) is 10.0.